The first-order valence-electron chi connectivity index (χ1n) is 8.93. The van der Waals surface area contributed by atoms with Crippen molar-refractivity contribution < 1.29 is 0 Å². The Morgan fingerprint density at radius 2 is 2.04 bits per heavy atom. The SMILES string of the molecule is CC(c1nccs1)N1CCN(c2nn3cc(-c4cccnc4)nc3s2)CC1. The smallest absolute Gasteiger partial charge is 0.214 e. The highest BCUT2D eigenvalue weighted by atomic mass is 32.1. The van der Waals surface area contributed by atoms with Crippen molar-refractivity contribution in [2.75, 3.05) is 31.1 Å². The van der Waals surface area contributed by atoms with Crippen molar-refractivity contribution in [2.45, 2.75) is 13.0 Å². The maximum Gasteiger partial charge on any atom is 0.214 e. The first-order valence-corrected chi connectivity index (χ1v) is 10.6. The summed E-state index contributed by atoms with van der Waals surface area (Å²) in [6, 6.07) is 4.32. The molecular formula is C18H19N7S2. The van der Waals surface area contributed by atoms with Crippen molar-refractivity contribution >= 4 is 32.8 Å². The summed E-state index contributed by atoms with van der Waals surface area (Å²) in [5.74, 6) is 0. The molecule has 9 heteroatoms. The number of fused-ring (bicyclic) bond motifs is 1. The summed E-state index contributed by atoms with van der Waals surface area (Å²) in [4.78, 5) is 19.1. The molecule has 138 valence electrons. The van der Waals surface area contributed by atoms with Gasteiger partial charge >= 0.3 is 0 Å². The summed E-state index contributed by atoms with van der Waals surface area (Å²) in [7, 11) is 0. The summed E-state index contributed by atoms with van der Waals surface area (Å²) < 4.78 is 1.88. The average molecular weight is 398 g/mol. The van der Waals surface area contributed by atoms with E-state index in [4.69, 9.17) is 10.1 Å². The van der Waals surface area contributed by atoms with Crippen LogP contribution in [-0.4, -0.2) is 55.6 Å². The van der Waals surface area contributed by atoms with E-state index in [1.807, 2.05) is 40.6 Å². The van der Waals surface area contributed by atoms with Crippen LogP contribution in [0.2, 0.25) is 0 Å². The Morgan fingerprint density at radius 1 is 1.15 bits per heavy atom. The number of imidazole rings is 1. The Bertz CT molecular complexity index is 985. The Hall–Kier alpha value is -2.36. The molecule has 0 aliphatic carbocycles. The molecule has 1 atom stereocenters. The molecule has 1 saturated heterocycles. The normalized spacial score (nSPS) is 16.9. The number of pyridine rings is 1. The third kappa shape index (κ3) is 3.22. The minimum Gasteiger partial charge on any atom is -0.344 e. The van der Waals surface area contributed by atoms with Gasteiger partial charge in [-0.15, -0.1) is 16.4 Å². The molecule has 0 bridgehead atoms. The molecule has 0 saturated carbocycles. The van der Waals surface area contributed by atoms with Gasteiger partial charge in [0.1, 0.15) is 5.01 Å². The van der Waals surface area contributed by atoms with Gasteiger partial charge in [-0.3, -0.25) is 9.88 Å². The quantitative estimate of drug-likeness (QED) is 0.527. The van der Waals surface area contributed by atoms with Crippen LogP contribution >= 0.6 is 22.7 Å². The molecule has 1 unspecified atom stereocenters. The highest BCUT2D eigenvalue weighted by Crippen LogP contribution is 2.29. The number of hydrogen-bond acceptors (Lipinski definition) is 8. The second-order valence-electron chi connectivity index (χ2n) is 6.55. The standard InChI is InChI=1S/C18H19N7S2/c1-13(16-20-5-10-26-16)23-6-8-24(9-7-23)18-22-25-12-15(21-17(25)27-18)14-3-2-4-19-11-14/h2-5,10-13H,6-9H2,1H3. The second-order valence-corrected chi connectivity index (χ2v) is 8.41. The van der Waals surface area contributed by atoms with Crippen LogP contribution in [0.25, 0.3) is 16.2 Å². The molecule has 1 aliphatic rings. The van der Waals surface area contributed by atoms with E-state index in [1.54, 1.807) is 28.9 Å². The number of hydrogen-bond donors (Lipinski definition) is 0. The van der Waals surface area contributed by atoms with Crippen LogP contribution in [0.15, 0.2) is 42.3 Å². The lowest BCUT2D eigenvalue weighted by Gasteiger charge is -2.37. The molecular weight excluding hydrogens is 378 g/mol. The molecule has 27 heavy (non-hydrogen) atoms. The molecule has 7 nitrogen and oxygen atoms in total. The number of nitrogens with zero attached hydrogens (tertiary/aromatic N) is 7. The maximum atomic E-state index is 4.75. The van der Waals surface area contributed by atoms with Gasteiger partial charge in [-0.05, 0) is 19.1 Å². The van der Waals surface area contributed by atoms with Gasteiger partial charge in [0, 0.05) is 55.7 Å². The van der Waals surface area contributed by atoms with Crippen LogP contribution in [-0.2, 0) is 0 Å². The summed E-state index contributed by atoms with van der Waals surface area (Å²) >= 11 is 3.38. The van der Waals surface area contributed by atoms with Gasteiger partial charge in [-0.1, -0.05) is 11.3 Å². The topological polar surface area (TPSA) is 62.5 Å². The average Bonchev–Trinajstić information content (AvgIpc) is 3.44. The molecule has 1 fully saturated rings. The zero-order chi connectivity index (χ0) is 18.2. The van der Waals surface area contributed by atoms with Gasteiger partial charge in [-0.25, -0.2) is 14.5 Å². The lowest BCUT2D eigenvalue weighted by Crippen LogP contribution is -2.47. The second kappa shape index (κ2) is 6.99. The molecule has 0 radical (unpaired) electrons. The summed E-state index contributed by atoms with van der Waals surface area (Å²) in [6.45, 7) is 6.22. The van der Waals surface area contributed by atoms with Crippen molar-refractivity contribution in [3.8, 4) is 11.3 Å². The molecule has 5 heterocycles. The Morgan fingerprint density at radius 3 is 2.74 bits per heavy atom. The van der Waals surface area contributed by atoms with Crippen molar-refractivity contribution in [2.24, 2.45) is 0 Å². The van der Waals surface area contributed by atoms with E-state index in [0.717, 1.165) is 47.5 Å². The van der Waals surface area contributed by atoms with Gasteiger partial charge < -0.3 is 4.90 Å². The van der Waals surface area contributed by atoms with Crippen molar-refractivity contribution in [3.63, 3.8) is 0 Å². The lowest BCUT2D eigenvalue weighted by atomic mass is 10.2. The monoisotopic (exact) mass is 397 g/mol. The number of aromatic nitrogens is 5. The predicted octanol–water partition coefficient (Wildman–Crippen LogP) is 3.19. The van der Waals surface area contributed by atoms with Crippen LogP contribution in [0, 0.1) is 0 Å². The minimum atomic E-state index is 0.378. The van der Waals surface area contributed by atoms with E-state index in [9.17, 15) is 0 Å². The van der Waals surface area contributed by atoms with E-state index in [2.05, 4.69) is 26.7 Å². The van der Waals surface area contributed by atoms with Crippen LogP contribution < -0.4 is 4.90 Å². The third-order valence-electron chi connectivity index (χ3n) is 4.93. The van der Waals surface area contributed by atoms with Gasteiger partial charge in [-0.2, -0.15) is 0 Å². The molecule has 0 aromatic carbocycles. The van der Waals surface area contributed by atoms with E-state index in [1.165, 1.54) is 5.01 Å². The molecule has 1 aliphatic heterocycles. The van der Waals surface area contributed by atoms with Crippen LogP contribution in [0.3, 0.4) is 0 Å². The minimum absolute atomic E-state index is 0.378. The predicted molar refractivity (Wildman–Crippen MR) is 108 cm³/mol. The fourth-order valence-corrected chi connectivity index (χ4v) is 5.03. The summed E-state index contributed by atoms with van der Waals surface area (Å²) in [5.41, 5.74) is 1.93. The molecule has 4 aromatic heterocycles. The zero-order valence-electron chi connectivity index (χ0n) is 14.9. The lowest BCUT2D eigenvalue weighted by molar-refractivity contribution is 0.198. The molecule has 0 spiro atoms. The number of anilines is 1. The summed E-state index contributed by atoms with van der Waals surface area (Å²) in [6.07, 6.45) is 7.47. The van der Waals surface area contributed by atoms with Crippen molar-refractivity contribution in [1.29, 1.82) is 0 Å². The molecule has 0 amide bonds. The van der Waals surface area contributed by atoms with E-state index in [0.29, 0.717) is 6.04 Å². The first-order chi connectivity index (χ1) is 13.3. The molecule has 0 N–H and O–H groups in total. The molecule has 4 aromatic rings. The maximum absolute atomic E-state index is 4.75. The van der Waals surface area contributed by atoms with Crippen LogP contribution in [0.4, 0.5) is 5.13 Å². The number of thiazole rings is 1. The molecule has 5 rings (SSSR count). The Balaban J connectivity index is 1.28. The number of rotatable bonds is 4. The Labute approximate surface area is 164 Å². The third-order valence-corrected chi connectivity index (χ3v) is 6.86. The largest absolute Gasteiger partial charge is 0.344 e. The van der Waals surface area contributed by atoms with E-state index >= 15 is 0 Å². The summed E-state index contributed by atoms with van der Waals surface area (Å²) in [5, 5.41) is 9.03. The Kier molecular flexibility index (Phi) is 4.35. The van der Waals surface area contributed by atoms with E-state index in [-0.39, 0.29) is 0 Å². The van der Waals surface area contributed by atoms with Crippen LogP contribution in [0.5, 0.6) is 0 Å². The van der Waals surface area contributed by atoms with Gasteiger partial charge in [0.2, 0.25) is 10.1 Å². The van der Waals surface area contributed by atoms with E-state index < -0.39 is 0 Å². The van der Waals surface area contributed by atoms with Gasteiger partial charge in [0.25, 0.3) is 0 Å². The van der Waals surface area contributed by atoms with Crippen molar-refractivity contribution in [3.05, 3.63) is 47.3 Å². The zero-order valence-corrected chi connectivity index (χ0v) is 16.5. The fraction of sp³-hybridized carbons (Fsp3) is 0.333. The van der Waals surface area contributed by atoms with Crippen molar-refractivity contribution in [1.82, 2.24) is 29.5 Å². The number of piperazine rings is 1. The van der Waals surface area contributed by atoms with Gasteiger partial charge in [0.15, 0.2) is 0 Å². The van der Waals surface area contributed by atoms with Crippen LogP contribution in [0.1, 0.15) is 18.0 Å². The first kappa shape index (κ1) is 16.8. The van der Waals surface area contributed by atoms with Gasteiger partial charge in [0.05, 0.1) is 17.9 Å². The fourth-order valence-electron chi connectivity index (χ4n) is 3.37. The highest BCUT2D eigenvalue weighted by molar-refractivity contribution is 7.20. The highest BCUT2D eigenvalue weighted by Gasteiger charge is 2.25.